The molecule has 0 aliphatic rings. The highest BCUT2D eigenvalue weighted by Crippen LogP contribution is 2.25. The SMILES string of the molecule is Cc1csc(=O)c(Sc2nccs2)n1. The molecule has 0 radical (unpaired) electrons. The first-order valence-electron chi connectivity index (χ1n) is 3.79. The maximum absolute atomic E-state index is 11.4. The molecule has 0 amide bonds. The van der Waals surface area contributed by atoms with E-state index in [-0.39, 0.29) is 4.74 Å². The second-order valence-corrected chi connectivity index (χ2v) is 5.45. The highest BCUT2D eigenvalue weighted by Gasteiger charge is 2.06. The van der Waals surface area contributed by atoms with Crippen molar-refractivity contribution in [3.05, 3.63) is 32.2 Å². The van der Waals surface area contributed by atoms with Gasteiger partial charge in [-0.3, -0.25) is 4.79 Å². The molecule has 0 saturated carbocycles. The number of aryl methyl sites for hydroxylation is 1. The summed E-state index contributed by atoms with van der Waals surface area (Å²) in [4.78, 5) is 19.7. The first kappa shape index (κ1) is 9.82. The molecule has 0 fully saturated rings. The molecule has 0 unspecified atom stereocenters. The number of rotatable bonds is 2. The molecule has 72 valence electrons. The van der Waals surface area contributed by atoms with Gasteiger partial charge in [0, 0.05) is 22.7 Å². The van der Waals surface area contributed by atoms with Crippen molar-refractivity contribution in [3.63, 3.8) is 0 Å². The van der Waals surface area contributed by atoms with Crippen LogP contribution in [0.15, 0.2) is 31.1 Å². The van der Waals surface area contributed by atoms with E-state index in [2.05, 4.69) is 9.97 Å². The van der Waals surface area contributed by atoms with Crippen LogP contribution in [0, 0.1) is 6.92 Å². The van der Waals surface area contributed by atoms with E-state index < -0.39 is 0 Å². The predicted molar refractivity (Wildman–Crippen MR) is 59.4 cm³/mol. The summed E-state index contributed by atoms with van der Waals surface area (Å²) >= 11 is 4.02. The molecule has 0 aromatic carbocycles. The van der Waals surface area contributed by atoms with Crippen LogP contribution in [-0.4, -0.2) is 9.97 Å². The summed E-state index contributed by atoms with van der Waals surface area (Å²) in [6, 6.07) is 0. The van der Waals surface area contributed by atoms with Crippen LogP contribution in [0.2, 0.25) is 0 Å². The Hall–Kier alpha value is -0.720. The molecule has 0 aliphatic heterocycles. The van der Waals surface area contributed by atoms with Crippen molar-refractivity contribution < 1.29 is 0 Å². The van der Waals surface area contributed by atoms with E-state index in [1.165, 1.54) is 34.4 Å². The van der Waals surface area contributed by atoms with Gasteiger partial charge in [-0.05, 0) is 18.7 Å². The van der Waals surface area contributed by atoms with Crippen molar-refractivity contribution in [1.29, 1.82) is 0 Å². The lowest BCUT2D eigenvalue weighted by Gasteiger charge is -1.95. The second-order valence-electron chi connectivity index (χ2n) is 2.48. The Bertz CT molecular complexity index is 478. The number of hydrogen-bond donors (Lipinski definition) is 0. The van der Waals surface area contributed by atoms with E-state index >= 15 is 0 Å². The number of thiazole rings is 1. The van der Waals surface area contributed by atoms with Crippen molar-refractivity contribution in [3.8, 4) is 0 Å². The first-order chi connectivity index (χ1) is 6.75. The number of nitrogens with zero attached hydrogens (tertiary/aromatic N) is 2. The van der Waals surface area contributed by atoms with Gasteiger partial charge < -0.3 is 0 Å². The fourth-order valence-corrected chi connectivity index (χ4v) is 3.08. The Labute approximate surface area is 92.9 Å². The van der Waals surface area contributed by atoms with E-state index in [0.29, 0.717) is 5.03 Å². The van der Waals surface area contributed by atoms with Crippen molar-refractivity contribution in [1.82, 2.24) is 9.97 Å². The summed E-state index contributed by atoms with van der Waals surface area (Å²) in [6.45, 7) is 1.88. The minimum absolute atomic E-state index is 0.00389. The van der Waals surface area contributed by atoms with E-state index in [0.717, 1.165) is 10.0 Å². The van der Waals surface area contributed by atoms with E-state index in [9.17, 15) is 4.79 Å². The monoisotopic (exact) mass is 242 g/mol. The number of aromatic nitrogens is 2. The quantitative estimate of drug-likeness (QED) is 0.811. The molecule has 0 bridgehead atoms. The molecule has 2 aromatic rings. The molecular formula is C8H6N2OS3. The third kappa shape index (κ3) is 2.20. The molecule has 2 rings (SSSR count). The van der Waals surface area contributed by atoms with Crippen molar-refractivity contribution in [2.75, 3.05) is 0 Å². The Balaban J connectivity index is 2.33. The molecule has 0 aliphatic carbocycles. The lowest BCUT2D eigenvalue weighted by Crippen LogP contribution is -2.01. The third-order valence-electron chi connectivity index (χ3n) is 1.38. The first-order valence-corrected chi connectivity index (χ1v) is 6.37. The maximum Gasteiger partial charge on any atom is 0.265 e. The smallest absolute Gasteiger partial charge is 0.265 e. The van der Waals surface area contributed by atoms with Gasteiger partial charge in [0.05, 0.1) is 0 Å². The zero-order valence-corrected chi connectivity index (χ0v) is 9.71. The van der Waals surface area contributed by atoms with Crippen LogP contribution in [0.3, 0.4) is 0 Å². The lowest BCUT2D eigenvalue weighted by molar-refractivity contribution is 1.06. The van der Waals surface area contributed by atoms with Gasteiger partial charge in [-0.1, -0.05) is 11.3 Å². The van der Waals surface area contributed by atoms with Crippen molar-refractivity contribution >= 4 is 34.4 Å². The molecule has 6 heteroatoms. The van der Waals surface area contributed by atoms with Crippen LogP contribution in [-0.2, 0) is 0 Å². The average Bonchev–Trinajstić information content (AvgIpc) is 2.64. The molecule has 2 heterocycles. The summed E-state index contributed by atoms with van der Waals surface area (Å²) in [5.41, 5.74) is 0.869. The standard InChI is InChI=1S/C8H6N2OS3/c1-5-4-13-7(11)6(10-5)14-8-9-2-3-12-8/h2-4H,1H3. The van der Waals surface area contributed by atoms with Crippen LogP contribution in [0.25, 0.3) is 0 Å². The Morgan fingerprint density at radius 1 is 1.43 bits per heavy atom. The van der Waals surface area contributed by atoms with Gasteiger partial charge in [-0.15, -0.1) is 11.3 Å². The Morgan fingerprint density at radius 2 is 2.29 bits per heavy atom. The molecule has 2 aromatic heterocycles. The average molecular weight is 242 g/mol. The second kappa shape index (κ2) is 4.20. The normalized spacial score (nSPS) is 10.4. The zero-order valence-electron chi connectivity index (χ0n) is 7.26. The summed E-state index contributed by atoms with van der Waals surface area (Å²) in [5.74, 6) is 0. The van der Waals surface area contributed by atoms with Gasteiger partial charge in [-0.2, -0.15) is 0 Å². The minimum atomic E-state index is -0.00389. The van der Waals surface area contributed by atoms with Gasteiger partial charge in [0.2, 0.25) is 0 Å². The highest BCUT2D eigenvalue weighted by molar-refractivity contribution is 8.01. The zero-order chi connectivity index (χ0) is 9.97. The summed E-state index contributed by atoms with van der Waals surface area (Å²) in [5, 5.41) is 4.16. The van der Waals surface area contributed by atoms with Gasteiger partial charge in [0.1, 0.15) is 0 Å². The van der Waals surface area contributed by atoms with Crippen molar-refractivity contribution in [2.24, 2.45) is 0 Å². The van der Waals surface area contributed by atoms with E-state index in [1.54, 1.807) is 11.6 Å². The van der Waals surface area contributed by atoms with Gasteiger partial charge in [0.25, 0.3) is 4.74 Å². The van der Waals surface area contributed by atoms with Crippen LogP contribution < -0.4 is 4.74 Å². The van der Waals surface area contributed by atoms with Crippen LogP contribution >= 0.6 is 34.4 Å². The largest absolute Gasteiger partial charge is 0.275 e. The molecule has 3 nitrogen and oxygen atoms in total. The predicted octanol–water partition coefficient (Wildman–Crippen LogP) is 2.42. The molecule has 0 spiro atoms. The number of hydrogen-bond acceptors (Lipinski definition) is 6. The third-order valence-corrected chi connectivity index (χ3v) is 4.23. The summed E-state index contributed by atoms with van der Waals surface area (Å²) in [7, 11) is 0. The summed E-state index contributed by atoms with van der Waals surface area (Å²) < 4.78 is 0.850. The molecule has 0 N–H and O–H groups in total. The van der Waals surface area contributed by atoms with Crippen LogP contribution in [0.4, 0.5) is 0 Å². The topological polar surface area (TPSA) is 42.9 Å². The van der Waals surface area contributed by atoms with Crippen LogP contribution in [0.5, 0.6) is 0 Å². The molecular weight excluding hydrogens is 236 g/mol. The summed E-state index contributed by atoms with van der Waals surface area (Å²) in [6.07, 6.45) is 1.72. The van der Waals surface area contributed by atoms with E-state index in [1.807, 2.05) is 12.3 Å². The lowest BCUT2D eigenvalue weighted by atomic mass is 10.6. The van der Waals surface area contributed by atoms with Gasteiger partial charge in [-0.25, -0.2) is 9.97 Å². The van der Waals surface area contributed by atoms with Crippen molar-refractivity contribution in [2.45, 2.75) is 16.3 Å². The van der Waals surface area contributed by atoms with Gasteiger partial charge in [0.15, 0.2) is 9.37 Å². The van der Waals surface area contributed by atoms with E-state index in [4.69, 9.17) is 0 Å². The fraction of sp³-hybridized carbons (Fsp3) is 0.125. The Morgan fingerprint density at radius 3 is 3.00 bits per heavy atom. The molecule has 0 saturated heterocycles. The fourth-order valence-electron chi connectivity index (χ4n) is 0.829. The Kier molecular flexibility index (Phi) is 2.95. The maximum atomic E-state index is 11.4. The minimum Gasteiger partial charge on any atom is -0.275 e. The van der Waals surface area contributed by atoms with Gasteiger partial charge >= 0.3 is 0 Å². The highest BCUT2D eigenvalue weighted by atomic mass is 32.2. The molecule has 0 atom stereocenters. The van der Waals surface area contributed by atoms with Crippen LogP contribution in [0.1, 0.15) is 5.69 Å². The molecule has 14 heavy (non-hydrogen) atoms.